The minimum absolute atomic E-state index is 0.0619. The highest BCUT2D eigenvalue weighted by Crippen LogP contribution is 2.35. The Morgan fingerprint density at radius 2 is 1.82 bits per heavy atom. The molecule has 1 heterocycles. The number of hydrogen-bond donors (Lipinski definition) is 0. The molecule has 3 heteroatoms. The predicted molar refractivity (Wildman–Crippen MR) is 90.8 cm³/mol. The molecule has 1 saturated carbocycles. The van der Waals surface area contributed by atoms with Crippen LogP contribution in [0.25, 0.3) is 0 Å². The summed E-state index contributed by atoms with van der Waals surface area (Å²) < 4.78 is 5.78. The maximum Gasteiger partial charge on any atom is 0.309 e. The molecule has 0 spiro atoms. The van der Waals surface area contributed by atoms with E-state index in [1.165, 1.54) is 51.6 Å². The van der Waals surface area contributed by atoms with Crippen LogP contribution in [-0.4, -0.2) is 37.1 Å². The Morgan fingerprint density at radius 3 is 2.41 bits per heavy atom. The third kappa shape index (κ3) is 5.26. The van der Waals surface area contributed by atoms with Gasteiger partial charge in [0, 0.05) is 12.0 Å². The van der Waals surface area contributed by atoms with E-state index in [-0.39, 0.29) is 17.3 Å². The topological polar surface area (TPSA) is 29.5 Å². The van der Waals surface area contributed by atoms with E-state index < -0.39 is 0 Å². The number of nitrogens with zero attached hydrogens (tertiary/aromatic N) is 1. The largest absolute Gasteiger partial charge is 0.465 e. The number of ether oxygens (including phenoxy) is 1. The molecule has 22 heavy (non-hydrogen) atoms. The quantitative estimate of drug-likeness (QED) is 0.628. The van der Waals surface area contributed by atoms with Crippen molar-refractivity contribution in [2.24, 2.45) is 17.3 Å². The van der Waals surface area contributed by atoms with Crippen LogP contribution >= 0.6 is 0 Å². The summed E-state index contributed by atoms with van der Waals surface area (Å²) in [6.45, 7) is 10.6. The van der Waals surface area contributed by atoms with Gasteiger partial charge in [-0.25, -0.2) is 0 Å². The van der Waals surface area contributed by atoms with Crippen LogP contribution in [-0.2, 0) is 9.53 Å². The second-order valence-electron chi connectivity index (χ2n) is 8.19. The molecule has 2 fully saturated rings. The highest BCUT2D eigenvalue weighted by molar-refractivity contribution is 5.72. The molecule has 0 aromatic carbocycles. The molecule has 2 rings (SSSR count). The van der Waals surface area contributed by atoms with E-state index in [0.29, 0.717) is 12.5 Å². The summed E-state index contributed by atoms with van der Waals surface area (Å²) >= 11 is 0. The van der Waals surface area contributed by atoms with Crippen molar-refractivity contribution in [3.63, 3.8) is 0 Å². The summed E-state index contributed by atoms with van der Waals surface area (Å²) in [5.41, 5.74) is 0.0619. The van der Waals surface area contributed by atoms with Crippen molar-refractivity contribution in [2.75, 3.05) is 26.2 Å². The zero-order valence-corrected chi connectivity index (χ0v) is 14.9. The molecule has 128 valence electrons. The summed E-state index contributed by atoms with van der Waals surface area (Å²) in [5, 5.41) is 0. The van der Waals surface area contributed by atoms with Gasteiger partial charge in [-0.05, 0) is 51.1 Å². The van der Waals surface area contributed by atoms with Crippen LogP contribution in [0.3, 0.4) is 0 Å². The number of hydrogen-bond acceptors (Lipinski definition) is 3. The van der Waals surface area contributed by atoms with Gasteiger partial charge < -0.3 is 9.64 Å². The monoisotopic (exact) mass is 309 g/mol. The van der Waals surface area contributed by atoms with Gasteiger partial charge in [0.2, 0.25) is 0 Å². The lowest BCUT2D eigenvalue weighted by Gasteiger charge is -2.30. The van der Waals surface area contributed by atoms with E-state index in [2.05, 4.69) is 25.7 Å². The first-order valence-corrected chi connectivity index (χ1v) is 9.41. The van der Waals surface area contributed by atoms with Crippen LogP contribution in [0, 0.1) is 17.3 Å². The molecular weight excluding hydrogens is 274 g/mol. The van der Waals surface area contributed by atoms with Gasteiger partial charge in [-0.2, -0.15) is 0 Å². The molecule has 3 nitrogen and oxygen atoms in total. The average Bonchev–Trinajstić information content (AvgIpc) is 3.15. The summed E-state index contributed by atoms with van der Waals surface area (Å²) in [4.78, 5) is 15.1. The minimum Gasteiger partial charge on any atom is -0.465 e. The normalized spacial score (nSPS) is 22.1. The smallest absolute Gasteiger partial charge is 0.309 e. The molecule has 1 saturated heterocycles. The molecule has 2 aliphatic rings. The van der Waals surface area contributed by atoms with Gasteiger partial charge in [0.05, 0.1) is 12.5 Å². The highest BCUT2D eigenvalue weighted by Gasteiger charge is 2.32. The van der Waals surface area contributed by atoms with Crippen molar-refractivity contribution in [3.05, 3.63) is 0 Å². The van der Waals surface area contributed by atoms with Crippen molar-refractivity contribution in [1.29, 1.82) is 0 Å². The lowest BCUT2D eigenvalue weighted by atomic mass is 9.87. The number of carbonyl (C=O) groups excluding carboxylic acids is 1. The van der Waals surface area contributed by atoms with E-state index >= 15 is 0 Å². The maximum atomic E-state index is 12.6. The standard InChI is InChI=1S/C19H35NO2/c1-4-9-17(16-10-5-6-11-16)18(21)22-15-19(2,3)14-20-12-7-8-13-20/h16-17H,4-15H2,1-3H3. The number of likely N-dealkylation sites (tertiary alicyclic amines) is 1. The third-order valence-corrected chi connectivity index (χ3v) is 5.33. The van der Waals surface area contributed by atoms with Crippen molar-refractivity contribution < 1.29 is 9.53 Å². The predicted octanol–water partition coefficient (Wildman–Crippen LogP) is 4.26. The summed E-state index contributed by atoms with van der Waals surface area (Å²) in [6, 6.07) is 0. The van der Waals surface area contributed by atoms with Crippen molar-refractivity contribution in [2.45, 2.75) is 72.1 Å². The molecule has 0 bridgehead atoms. The Kier molecular flexibility index (Phi) is 6.73. The molecule has 1 atom stereocenters. The van der Waals surface area contributed by atoms with Gasteiger partial charge in [-0.15, -0.1) is 0 Å². The number of esters is 1. The summed E-state index contributed by atoms with van der Waals surface area (Å²) in [7, 11) is 0. The van der Waals surface area contributed by atoms with Gasteiger partial charge in [0.15, 0.2) is 0 Å². The van der Waals surface area contributed by atoms with E-state index in [9.17, 15) is 4.79 Å². The molecule has 0 aromatic heterocycles. The molecule has 1 aliphatic carbocycles. The van der Waals surface area contributed by atoms with Crippen molar-refractivity contribution in [3.8, 4) is 0 Å². The molecule has 1 unspecified atom stereocenters. The Bertz CT molecular complexity index is 341. The second kappa shape index (κ2) is 8.33. The Labute approximate surface area is 136 Å². The zero-order valence-electron chi connectivity index (χ0n) is 14.9. The first-order valence-electron chi connectivity index (χ1n) is 9.41. The molecule has 0 radical (unpaired) electrons. The average molecular weight is 309 g/mol. The number of carbonyl (C=O) groups is 1. The fourth-order valence-corrected chi connectivity index (χ4v) is 4.18. The van der Waals surface area contributed by atoms with Crippen LogP contribution in [0.4, 0.5) is 0 Å². The lowest BCUT2D eigenvalue weighted by molar-refractivity contribution is -0.154. The van der Waals surface area contributed by atoms with Crippen LogP contribution in [0.2, 0.25) is 0 Å². The van der Waals surface area contributed by atoms with E-state index in [1.54, 1.807) is 0 Å². The fraction of sp³-hybridized carbons (Fsp3) is 0.947. The Morgan fingerprint density at radius 1 is 1.18 bits per heavy atom. The van der Waals surface area contributed by atoms with E-state index in [4.69, 9.17) is 4.74 Å². The van der Waals surface area contributed by atoms with Crippen LogP contribution in [0.1, 0.15) is 72.1 Å². The van der Waals surface area contributed by atoms with Crippen LogP contribution in [0.5, 0.6) is 0 Å². The maximum absolute atomic E-state index is 12.6. The molecular formula is C19H35NO2. The zero-order chi connectivity index (χ0) is 16.0. The van der Waals surface area contributed by atoms with E-state index in [0.717, 1.165) is 19.4 Å². The van der Waals surface area contributed by atoms with Gasteiger partial charge in [-0.3, -0.25) is 4.79 Å². The SMILES string of the molecule is CCCC(C(=O)OCC(C)(C)CN1CCCC1)C1CCCC1. The summed E-state index contributed by atoms with van der Waals surface area (Å²) in [6.07, 6.45) is 9.72. The fourth-order valence-electron chi connectivity index (χ4n) is 4.18. The van der Waals surface area contributed by atoms with Gasteiger partial charge >= 0.3 is 5.97 Å². The van der Waals surface area contributed by atoms with Crippen molar-refractivity contribution in [1.82, 2.24) is 4.90 Å². The molecule has 0 aromatic rings. The first kappa shape index (κ1) is 17.8. The van der Waals surface area contributed by atoms with Crippen LogP contribution < -0.4 is 0 Å². The molecule has 0 amide bonds. The van der Waals surface area contributed by atoms with E-state index in [1.807, 2.05) is 0 Å². The van der Waals surface area contributed by atoms with Crippen LogP contribution in [0.15, 0.2) is 0 Å². The highest BCUT2D eigenvalue weighted by atomic mass is 16.5. The molecule has 1 aliphatic heterocycles. The number of rotatable bonds is 8. The third-order valence-electron chi connectivity index (χ3n) is 5.33. The van der Waals surface area contributed by atoms with Gasteiger partial charge in [0.25, 0.3) is 0 Å². The Balaban J connectivity index is 1.80. The minimum atomic E-state index is 0.0619. The van der Waals surface area contributed by atoms with Crippen molar-refractivity contribution >= 4 is 5.97 Å². The Hall–Kier alpha value is -0.570. The van der Waals surface area contributed by atoms with Gasteiger partial charge in [-0.1, -0.05) is 40.0 Å². The molecule has 0 N–H and O–H groups in total. The van der Waals surface area contributed by atoms with Gasteiger partial charge in [0.1, 0.15) is 0 Å². The second-order valence-corrected chi connectivity index (χ2v) is 8.19. The summed E-state index contributed by atoms with van der Waals surface area (Å²) in [5.74, 6) is 0.799. The first-order chi connectivity index (χ1) is 10.5. The lowest BCUT2D eigenvalue weighted by Crippen LogP contribution is -2.37.